The summed E-state index contributed by atoms with van der Waals surface area (Å²) in [5.74, 6) is 1.67. The molecule has 2 N–H and O–H groups in total. The Kier molecular flexibility index (Phi) is 4.91. The summed E-state index contributed by atoms with van der Waals surface area (Å²) in [7, 11) is 2.14. The van der Waals surface area contributed by atoms with Crippen LogP contribution >= 0.6 is 23.7 Å². The summed E-state index contributed by atoms with van der Waals surface area (Å²) in [6, 6.07) is 0. The van der Waals surface area contributed by atoms with E-state index in [1.54, 1.807) is 11.3 Å². The van der Waals surface area contributed by atoms with Gasteiger partial charge >= 0.3 is 0 Å². The minimum Gasteiger partial charge on any atom is -0.375 e. The van der Waals surface area contributed by atoms with E-state index in [0.717, 1.165) is 26.1 Å². The van der Waals surface area contributed by atoms with Crippen molar-refractivity contribution >= 4 is 28.9 Å². The molecule has 7 heteroatoms. The van der Waals surface area contributed by atoms with Gasteiger partial charge < -0.3 is 10.3 Å². The standard InChI is InChI=1S/C14H21N5S.ClH/c1-9(2)13-17-11-8-19(5-4-12(11)18(13)3)7-10-6-16-14(15)20-10;/h6,9H,4-5,7-8H2,1-3H3,(H2,15,16);1H. The van der Waals surface area contributed by atoms with E-state index in [1.807, 2.05) is 6.20 Å². The molecule has 0 spiro atoms. The van der Waals surface area contributed by atoms with Crippen molar-refractivity contribution in [2.75, 3.05) is 12.3 Å². The van der Waals surface area contributed by atoms with E-state index >= 15 is 0 Å². The van der Waals surface area contributed by atoms with Crippen molar-refractivity contribution in [1.29, 1.82) is 0 Å². The van der Waals surface area contributed by atoms with Crippen molar-refractivity contribution in [2.45, 2.75) is 39.3 Å². The van der Waals surface area contributed by atoms with Gasteiger partial charge in [-0.1, -0.05) is 13.8 Å². The van der Waals surface area contributed by atoms with E-state index in [-0.39, 0.29) is 12.4 Å². The van der Waals surface area contributed by atoms with Crippen molar-refractivity contribution in [3.05, 3.63) is 28.3 Å². The maximum atomic E-state index is 5.69. The van der Waals surface area contributed by atoms with Gasteiger partial charge in [0.25, 0.3) is 0 Å². The summed E-state index contributed by atoms with van der Waals surface area (Å²) in [6.45, 7) is 7.31. The zero-order valence-electron chi connectivity index (χ0n) is 12.7. The third-order valence-electron chi connectivity index (χ3n) is 3.84. The lowest BCUT2D eigenvalue weighted by molar-refractivity contribution is 0.242. The number of thiazole rings is 1. The van der Waals surface area contributed by atoms with Crippen molar-refractivity contribution in [3.63, 3.8) is 0 Å². The monoisotopic (exact) mass is 327 g/mol. The fraction of sp³-hybridized carbons (Fsp3) is 0.571. The van der Waals surface area contributed by atoms with Gasteiger partial charge in [0.05, 0.1) is 5.69 Å². The van der Waals surface area contributed by atoms with Gasteiger partial charge in [-0.15, -0.1) is 23.7 Å². The molecule has 5 nitrogen and oxygen atoms in total. The Bertz CT molecular complexity index is 619. The predicted octanol–water partition coefficient (Wildman–Crippen LogP) is 2.56. The van der Waals surface area contributed by atoms with Crippen LogP contribution < -0.4 is 5.73 Å². The average molecular weight is 328 g/mol. The molecule has 2 aromatic heterocycles. The number of aromatic nitrogens is 3. The van der Waals surface area contributed by atoms with Crippen molar-refractivity contribution < 1.29 is 0 Å². The highest BCUT2D eigenvalue weighted by molar-refractivity contribution is 7.15. The van der Waals surface area contributed by atoms with E-state index < -0.39 is 0 Å². The van der Waals surface area contributed by atoms with Crippen LogP contribution in [-0.2, 0) is 26.6 Å². The third-order valence-corrected chi connectivity index (χ3v) is 4.65. The van der Waals surface area contributed by atoms with Gasteiger partial charge in [-0.05, 0) is 0 Å². The highest BCUT2D eigenvalue weighted by Crippen LogP contribution is 2.25. The Labute approximate surface area is 135 Å². The van der Waals surface area contributed by atoms with Crippen molar-refractivity contribution in [3.8, 4) is 0 Å². The second-order valence-electron chi connectivity index (χ2n) is 5.70. The number of rotatable bonds is 3. The third kappa shape index (κ3) is 3.22. The molecule has 2 aromatic rings. The first-order chi connectivity index (χ1) is 9.54. The van der Waals surface area contributed by atoms with Gasteiger partial charge in [0.2, 0.25) is 0 Å². The molecule has 0 atom stereocenters. The molecule has 0 saturated heterocycles. The predicted molar refractivity (Wildman–Crippen MR) is 88.9 cm³/mol. The van der Waals surface area contributed by atoms with E-state index in [0.29, 0.717) is 11.0 Å². The summed E-state index contributed by atoms with van der Waals surface area (Å²) in [5.41, 5.74) is 8.32. The molecule has 3 heterocycles. The van der Waals surface area contributed by atoms with Gasteiger partial charge in [-0.3, -0.25) is 4.90 Å². The molecule has 0 amide bonds. The Morgan fingerprint density at radius 1 is 1.43 bits per heavy atom. The van der Waals surface area contributed by atoms with E-state index in [4.69, 9.17) is 10.7 Å². The molecule has 21 heavy (non-hydrogen) atoms. The quantitative estimate of drug-likeness (QED) is 0.941. The summed E-state index contributed by atoms with van der Waals surface area (Å²) < 4.78 is 2.28. The SMILES string of the molecule is CC(C)c1nc2c(n1C)CCN(Cc1cnc(N)s1)C2.Cl. The molecular weight excluding hydrogens is 306 g/mol. The molecule has 0 fully saturated rings. The number of anilines is 1. The average Bonchev–Trinajstić information content (AvgIpc) is 2.94. The molecular formula is C14H22ClN5S. The van der Waals surface area contributed by atoms with Crippen LogP contribution in [0.1, 0.15) is 41.9 Å². The first-order valence-corrected chi connectivity index (χ1v) is 7.83. The summed E-state index contributed by atoms with van der Waals surface area (Å²) in [4.78, 5) is 12.6. The highest BCUT2D eigenvalue weighted by atomic mass is 35.5. The van der Waals surface area contributed by atoms with Gasteiger partial charge in [0, 0.05) is 55.8 Å². The van der Waals surface area contributed by atoms with Gasteiger partial charge in [-0.25, -0.2) is 9.97 Å². The highest BCUT2D eigenvalue weighted by Gasteiger charge is 2.23. The number of fused-ring (bicyclic) bond motifs is 1. The molecule has 0 radical (unpaired) electrons. The zero-order chi connectivity index (χ0) is 14.3. The van der Waals surface area contributed by atoms with Crippen LogP contribution in [0.25, 0.3) is 0 Å². The summed E-state index contributed by atoms with van der Waals surface area (Å²) >= 11 is 1.58. The van der Waals surface area contributed by atoms with Gasteiger partial charge in [-0.2, -0.15) is 0 Å². The normalized spacial score (nSPS) is 15.0. The Morgan fingerprint density at radius 2 is 2.19 bits per heavy atom. The molecule has 1 aliphatic rings. The van der Waals surface area contributed by atoms with Crippen LogP contribution in [0.4, 0.5) is 5.13 Å². The molecule has 0 saturated carbocycles. The minimum absolute atomic E-state index is 0. The van der Waals surface area contributed by atoms with Crippen LogP contribution in [0.5, 0.6) is 0 Å². The first-order valence-electron chi connectivity index (χ1n) is 7.01. The fourth-order valence-corrected chi connectivity index (χ4v) is 3.60. The van der Waals surface area contributed by atoms with E-state index in [9.17, 15) is 0 Å². The van der Waals surface area contributed by atoms with Gasteiger partial charge in [0.1, 0.15) is 5.82 Å². The molecule has 3 rings (SSSR count). The van der Waals surface area contributed by atoms with Crippen molar-refractivity contribution in [2.24, 2.45) is 7.05 Å². The van der Waals surface area contributed by atoms with E-state index in [2.05, 4.69) is 35.3 Å². The Hall–Kier alpha value is -1.11. The second-order valence-corrected chi connectivity index (χ2v) is 6.85. The number of nitrogens with two attached hydrogens (primary N) is 1. The smallest absolute Gasteiger partial charge is 0.180 e. The molecule has 0 aromatic carbocycles. The molecule has 0 unspecified atom stereocenters. The molecule has 0 bridgehead atoms. The lowest BCUT2D eigenvalue weighted by Gasteiger charge is -2.25. The molecule has 1 aliphatic heterocycles. The lowest BCUT2D eigenvalue weighted by atomic mass is 10.1. The maximum Gasteiger partial charge on any atom is 0.180 e. The Balaban J connectivity index is 0.00000161. The van der Waals surface area contributed by atoms with Crippen LogP contribution in [0.3, 0.4) is 0 Å². The zero-order valence-corrected chi connectivity index (χ0v) is 14.3. The van der Waals surface area contributed by atoms with Gasteiger partial charge in [0.15, 0.2) is 5.13 Å². The number of hydrogen-bond donors (Lipinski definition) is 1. The number of hydrogen-bond acceptors (Lipinski definition) is 5. The lowest BCUT2D eigenvalue weighted by Crippen LogP contribution is -2.30. The van der Waals surface area contributed by atoms with Crippen LogP contribution in [-0.4, -0.2) is 26.0 Å². The second kappa shape index (κ2) is 6.34. The summed E-state index contributed by atoms with van der Waals surface area (Å²) in [5, 5.41) is 0.651. The fourth-order valence-electron chi connectivity index (χ4n) is 2.87. The topological polar surface area (TPSA) is 60.0 Å². The first kappa shape index (κ1) is 16.3. The molecule has 116 valence electrons. The van der Waals surface area contributed by atoms with E-state index in [1.165, 1.54) is 22.1 Å². The van der Waals surface area contributed by atoms with Crippen LogP contribution in [0.15, 0.2) is 6.20 Å². The van der Waals surface area contributed by atoms with Crippen molar-refractivity contribution in [1.82, 2.24) is 19.4 Å². The van der Waals surface area contributed by atoms with Crippen LogP contribution in [0, 0.1) is 0 Å². The number of nitrogen functional groups attached to an aromatic ring is 1. The largest absolute Gasteiger partial charge is 0.375 e. The number of imidazole rings is 1. The molecule has 0 aliphatic carbocycles. The Morgan fingerprint density at radius 3 is 2.81 bits per heavy atom. The number of halogens is 1. The summed E-state index contributed by atoms with van der Waals surface area (Å²) in [6.07, 6.45) is 2.95. The number of nitrogens with zero attached hydrogens (tertiary/aromatic N) is 4. The van der Waals surface area contributed by atoms with Crippen LogP contribution in [0.2, 0.25) is 0 Å². The maximum absolute atomic E-state index is 5.69. The minimum atomic E-state index is 0.